The highest BCUT2D eigenvalue weighted by Gasteiger charge is 2.25. The molecule has 0 bridgehead atoms. The second kappa shape index (κ2) is 9.19. The lowest BCUT2D eigenvalue weighted by Crippen LogP contribution is -2.52. The Morgan fingerprint density at radius 3 is 2.37 bits per heavy atom. The van der Waals surface area contributed by atoms with Gasteiger partial charge >= 0.3 is 5.97 Å². The van der Waals surface area contributed by atoms with E-state index >= 15 is 0 Å². The van der Waals surface area contributed by atoms with Crippen LogP contribution in [0.15, 0.2) is 24.3 Å². The Hall–Kier alpha value is -2.12. The van der Waals surface area contributed by atoms with Crippen molar-refractivity contribution in [3.05, 3.63) is 29.8 Å². The minimum absolute atomic E-state index is 0.0782. The van der Waals surface area contributed by atoms with Crippen LogP contribution < -0.4 is 15.5 Å². The molecule has 2 heterocycles. The number of carboxylic acids is 1. The molecule has 3 rings (SSSR count). The lowest BCUT2D eigenvalue weighted by atomic mass is 10.0. The number of nitrogens with one attached hydrogen (secondary N) is 2. The third-order valence-electron chi connectivity index (χ3n) is 5.49. The van der Waals surface area contributed by atoms with Crippen LogP contribution in [0.5, 0.6) is 0 Å². The van der Waals surface area contributed by atoms with Crippen LogP contribution in [0.4, 0.5) is 5.69 Å². The van der Waals surface area contributed by atoms with Gasteiger partial charge in [0.05, 0.1) is 6.42 Å². The van der Waals surface area contributed by atoms with Crippen LogP contribution in [0.1, 0.15) is 36.5 Å². The Morgan fingerprint density at radius 1 is 1.15 bits per heavy atom. The maximum absolute atomic E-state index is 12.2. The molecule has 1 amide bonds. The molecule has 2 fully saturated rings. The zero-order valence-electron chi connectivity index (χ0n) is 16.0. The molecule has 7 nitrogen and oxygen atoms in total. The predicted molar refractivity (Wildman–Crippen MR) is 105 cm³/mol. The average molecular weight is 374 g/mol. The number of piperidine rings is 1. The number of aliphatic carboxylic acids is 1. The minimum Gasteiger partial charge on any atom is -0.481 e. The molecule has 1 atom stereocenters. The van der Waals surface area contributed by atoms with Gasteiger partial charge in [0.25, 0.3) is 5.91 Å². The van der Waals surface area contributed by atoms with E-state index in [9.17, 15) is 9.59 Å². The van der Waals surface area contributed by atoms with Crippen molar-refractivity contribution in [3.63, 3.8) is 0 Å². The van der Waals surface area contributed by atoms with E-state index in [0.29, 0.717) is 11.6 Å². The van der Waals surface area contributed by atoms with E-state index in [-0.39, 0.29) is 12.3 Å². The summed E-state index contributed by atoms with van der Waals surface area (Å²) in [4.78, 5) is 27.9. The Kier molecular flexibility index (Phi) is 6.68. The number of rotatable bonds is 6. The first-order chi connectivity index (χ1) is 13.0. The van der Waals surface area contributed by atoms with Crippen molar-refractivity contribution in [2.75, 3.05) is 44.2 Å². The maximum atomic E-state index is 12.2. The standard InChI is InChI=1S/C20H30N4O3/c1-15(14-19(25)26)22-20(27)16-2-4-17(5-3-16)23-10-12-24(13-11-23)18-6-8-21-9-7-18/h2-5,15,18,21H,6-14H2,1H3,(H,22,27)(H,25,26). The van der Waals surface area contributed by atoms with Crippen molar-refractivity contribution in [2.24, 2.45) is 0 Å². The smallest absolute Gasteiger partial charge is 0.305 e. The number of hydrogen-bond acceptors (Lipinski definition) is 5. The van der Waals surface area contributed by atoms with Gasteiger partial charge in [-0.15, -0.1) is 0 Å². The molecule has 2 saturated heterocycles. The molecular weight excluding hydrogens is 344 g/mol. The molecule has 1 unspecified atom stereocenters. The largest absolute Gasteiger partial charge is 0.481 e. The van der Waals surface area contributed by atoms with Crippen molar-refractivity contribution < 1.29 is 14.7 Å². The number of piperazine rings is 1. The molecule has 0 spiro atoms. The molecule has 1 aromatic carbocycles. The first kappa shape index (κ1) is 19.6. The molecule has 0 radical (unpaired) electrons. The quantitative estimate of drug-likeness (QED) is 0.693. The lowest BCUT2D eigenvalue weighted by Gasteiger charge is -2.41. The summed E-state index contributed by atoms with van der Waals surface area (Å²) in [5, 5.41) is 14.9. The second-order valence-electron chi connectivity index (χ2n) is 7.52. The molecule has 148 valence electrons. The second-order valence-corrected chi connectivity index (χ2v) is 7.52. The first-order valence-electron chi connectivity index (χ1n) is 9.85. The Balaban J connectivity index is 1.50. The van der Waals surface area contributed by atoms with Gasteiger partial charge in [-0.05, 0) is 57.1 Å². The monoisotopic (exact) mass is 374 g/mol. The summed E-state index contributed by atoms with van der Waals surface area (Å²) in [5.41, 5.74) is 1.69. The van der Waals surface area contributed by atoms with Gasteiger partial charge in [-0.2, -0.15) is 0 Å². The van der Waals surface area contributed by atoms with Gasteiger partial charge in [0, 0.05) is 49.5 Å². The fourth-order valence-corrected chi connectivity index (χ4v) is 3.96. The number of carboxylic acid groups (broad SMARTS) is 1. The molecule has 2 aliphatic heterocycles. The van der Waals surface area contributed by atoms with E-state index in [1.54, 1.807) is 6.92 Å². The van der Waals surface area contributed by atoms with Crippen molar-refractivity contribution >= 4 is 17.6 Å². The minimum atomic E-state index is -0.915. The third kappa shape index (κ3) is 5.43. The molecular formula is C20H30N4O3. The van der Waals surface area contributed by atoms with Crippen molar-refractivity contribution in [2.45, 2.75) is 38.3 Å². The number of carbonyl (C=O) groups is 2. The zero-order chi connectivity index (χ0) is 19.2. The number of amides is 1. The highest BCUT2D eigenvalue weighted by Crippen LogP contribution is 2.20. The molecule has 1 aromatic rings. The summed E-state index contributed by atoms with van der Waals surface area (Å²) in [5.74, 6) is -1.15. The average Bonchev–Trinajstić information content (AvgIpc) is 2.68. The molecule has 3 N–H and O–H groups in total. The summed E-state index contributed by atoms with van der Waals surface area (Å²) in [6.07, 6.45) is 2.40. The first-order valence-corrected chi connectivity index (χ1v) is 9.85. The molecule has 0 aliphatic carbocycles. The fraction of sp³-hybridized carbons (Fsp3) is 0.600. The van der Waals surface area contributed by atoms with Gasteiger partial charge in [-0.1, -0.05) is 0 Å². The van der Waals surface area contributed by atoms with Crippen LogP contribution in [0.2, 0.25) is 0 Å². The van der Waals surface area contributed by atoms with Gasteiger partial charge in [-0.25, -0.2) is 0 Å². The maximum Gasteiger partial charge on any atom is 0.305 e. The lowest BCUT2D eigenvalue weighted by molar-refractivity contribution is -0.137. The molecule has 0 saturated carbocycles. The summed E-state index contributed by atoms with van der Waals surface area (Å²) in [6, 6.07) is 7.92. The van der Waals surface area contributed by atoms with Gasteiger partial charge < -0.3 is 20.6 Å². The number of benzene rings is 1. The van der Waals surface area contributed by atoms with Gasteiger partial charge in [0.15, 0.2) is 0 Å². The summed E-state index contributed by atoms with van der Waals surface area (Å²) in [7, 11) is 0. The molecule has 7 heteroatoms. The topological polar surface area (TPSA) is 84.9 Å². The molecule has 0 aromatic heterocycles. The van der Waals surface area contributed by atoms with Crippen molar-refractivity contribution in [1.82, 2.24) is 15.5 Å². The van der Waals surface area contributed by atoms with E-state index in [4.69, 9.17) is 5.11 Å². The van der Waals surface area contributed by atoms with E-state index in [1.165, 1.54) is 12.8 Å². The fourth-order valence-electron chi connectivity index (χ4n) is 3.96. The summed E-state index contributed by atoms with van der Waals surface area (Å²) in [6.45, 7) is 8.12. The van der Waals surface area contributed by atoms with E-state index < -0.39 is 12.0 Å². The third-order valence-corrected chi connectivity index (χ3v) is 5.49. The SMILES string of the molecule is CC(CC(=O)O)NC(=O)c1ccc(N2CCN(C3CCNCC3)CC2)cc1. The van der Waals surface area contributed by atoms with Crippen LogP contribution in [0.25, 0.3) is 0 Å². The number of anilines is 1. The normalized spacial score (nSPS) is 20.3. The van der Waals surface area contributed by atoms with E-state index in [2.05, 4.69) is 20.4 Å². The zero-order valence-corrected chi connectivity index (χ0v) is 16.0. The van der Waals surface area contributed by atoms with E-state index in [0.717, 1.165) is 45.0 Å². The van der Waals surface area contributed by atoms with Crippen LogP contribution >= 0.6 is 0 Å². The number of nitrogens with zero attached hydrogens (tertiary/aromatic N) is 2. The van der Waals surface area contributed by atoms with Gasteiger partial charge in [-0.3, -0.25) is 14.5 Å². The predicted octanol–water partition coefficient (Wildman–Crippen LogP) is 1.15. The van der Waals surface area contributed by atoms with Crippen LogP contribution in [-0.2, 0) is 4.79 Å². The highest BCUT2D eigenvalue weighted by atomic mass is 16.4. The molecule has 2 aliphatic rings. The highest BCUT2D eigenvalue weighted by molar-refractivity contribution is 5.94. The van der Waals surface area contributed by atoms with Crippen molar-refractivity contribution in [3.8, 4) is 0 Å². The van der Waals surface area contributed by atoms with Crippen LogP contribution in [0.3, 0.4) is 0 Å². The summed E-state index contributed by atoms with van der Waals surface area (Å²) >= 11 is 0. The van der Waals surface area contributed by atoms with Crippen LogP contribution in [-0.4, -0.2) is 73.2 Å². The summed E-state index contributed by atoms with van der Waals surface area (Å²) < 4.78 is 0. The Morgan fingerprint density at radius 2 is 1.78 bits per heavy atom. The van der Waals surface area contributed by atoms with Crippen molar-refractivity contribution in [1.29, 1.82) is 0 Å². The van der Waals surface area contributed by atoms with Crippen LogP contribution in [0, 0.1) is 0 Å². The Labute approximate surface area is 160 Å². The Bertz CT molecular complexity index is 635. The number of carbonyl (C=O) groups excluding carboxylic acids is 1. The van der Waals surface area contributed by atoms with Gasteiger partial charge in [0.2, 0.25) is 0 Å². The van der Waals surface area contributed by atoms with E-state index in [1.807, 2.05) is 24.3 Å². The number of hydrogen-bond donors (Lipinski definition) is 3. The molecule has 27 heavy (non-hydrogen) atoms. The van der Waals surface area contributed by atoms with Gasteiger partial charge in [0.1, 0.15) is 0 Å².